The highest BCUT2D eigenvalue weighted by Crippen LogP contribution is 2.39. The predicted molar refractivity (Wildman–Crippen MR) is 83.7 cm³/mol. The van der Waals surface area contributed by atoms with Crippen LogP contribution < -0.4 is 5.32 Å². The lowest BCUT2D eigenvalue weighted by molar-refractivity contribution is -0.183. The molecule has 2 heterocycles. The molecular weight excluding hydrogens is 329 g/mol. The van der Waals surface area contributed by atoms with Crippen molar-refractivity contribution in [2.45, 2.75) is 49.1 Å². The first-order valence-corrected chi connectivity index (χ1v) is 9.09. The van der Waals surface area contributed by atoms with Crippen LogP contribution in [0.5, 0.6) is 0 Å². The number of nitrogens with zero attached hydrogens (tertiary/aromatic N) is 1. The Morgan fingerprint density at radius 3 is 2.65 bits per heavy atom. The molecule has 0 spiro atoms. The third kappa shape index (κ3) is 4.22. The van der Waals surface area contributed by atoms with E-state index in [0.717, 1.165) is 0 Å². The molecule has 1 saturated carbocycles. The van der Waals surface area contributed by atoms with Crippen molar-refractivity contribution in [1.29, 1.82) is 0 Å². The zero-order valence-electron chi connectivity index (χ0n) is 12.9. The number of amidine groups is 1. The second-order valence-corrected chi connectivity index (χ2v) is 7.27. The Morgan fingerprint density at radius 1 is 1.26 bits per heavy atom. The fraction of sp³-hybridized carbons (Fsp3) is 0.800. The Kier molecular flexibility index (Phi) is 5.22. The van der Waals surface area contributed by atoms with Gasteiger partial charge < -0.3 is 14.8 Å². The van der Waals surface area contributed by atoms with Gasteiger partial charge in [0, 0.05) is 0 Å². The smallest absolute Gasteiger partial charge is 0.365 e. The average molecular weight is 350 g/mol. The molecule has 0 aromatic carbocycles. The van der Waals surface area contributed by atoms with Gasteiger partial charge in [0.05, 0.1) is 36.5 Å². The zero-order valence-corrected chi connectivity index (χ0v) is 13.7. The van der Waals surface area contributed by atoms with Gasteiger partial charge in [0.2, 0.25) is 0 Å². The molecule has 0 bridgehead atoms. The first kappa shape index (κ1) is 17.1. The largest absolute Gasteiger partial charge is 0.391 e. The number of nitrogens with one attached hydrogen (secondary N) is 1. The summed E-state index contributed by atoms with van der Waals surface area (Å²) in [6, 6.07) is -0.272. The van der Waals surface area contributed by atoms with Crippen LogP contribution >= 0.6 is 11.8 Å². The number of aliphatic imine (C=N–C) groups is 1. The van der Waals surface area contributed by atoms with Crippen LogP contribution in [0.3, 0.4) is 0 Å². The maximum Gasteiger partial charge on any atom is 0.391 e. The second kappa shape index (κ2) is 7.03. The van der Waals surface area contributed by atoms with Crippen molar-refractivity contribution in [2.75, 3.05) is 19.5 Å². The van der Waals surface area contributed by atoms with Crippen LogP contribution in [0.2, 0.25) is 0 Å². The van der Waals surface area contributed by atoms with E-state index in [2.05, 4.69) is 10.3 Å². The molecule has 3 rings (SSSR count). The number of rotatable bonds is 3. The highest BCUT2D eigenvalue weighted by molar-refractivity contribution is 7.99. The molecule has 0 aromatic rings. The number of ether oxygens (including phenoxy) is 2. The third-order valence-corrected chi connectivity index (χ3v) is 5.49. The number of hydrogen-bond donors (Lipinski definition) is 1. The van der Waals surface area contributed by atoms with Crippen molar-refractivity contribution in [3.63, 3.8) is 0 Å². The molecule has 4 nitrogen and oxygen atoms in total. The molecule has 1 aliphatic carbocycles. The Morgan fingerprint density at radius 2 is 2.00 bits per heavy atom. The van der Waals surface area contributed by atoms with Crippen LogP contribution in [-0.2, 0) is 9.47 Å². The summed E-state index contributed by atoms with van der Waals surface area (Å²) in [6.07, 6.45) is 1.76. The predicted octanol–water partition coefficient (Wildman–Crippen LogP) is 2.75. The summed E-state index contributed by atoms with van der Waals surface area (Å²) in [7, 11) is 0. The van der Waals surface area contributed by atoms with Crippen molar-refractivity contribution < 1.29 is 22.6 Å². The molecule has 1 saturated heterocycles. The normalized spacial score (nSPS) is 38.3. The van der Waals surface area contributed by atoms with E-state index in [9.17, 15) is 13.2 Å². The molecular formula is C15H21F3N2O2S. The monoisotopic (exact) mass is 350 g/mol. The first-order chi connectivity index (χ1) is 11.0. The van der Waals surface area contributed by atoms with Crippen molar-refractivity contribution in [3.8, 4) is 0 Å². The van der Waals surface area contributed by atoms with E-state index < -0.39 is 18.4 Å². The molecule has 8 heteroatoms. The van der Waals surface area contributed by atoms with Crippen molar-refractivity contribution >= 4 is 17.6 Å². The van der Waals surface area contributed by atoms with Gasteiger partial charge in [-0.1, -0.05) is 0 Å². The average Bonchev–Trinajstić information content (AvgIpc) is 2.94. The number of hydrogen-bond acceptors (Lipinski definition) is 5. The quantitative estimate of drug-likeness (QED) is 0.850. The minimum absolute atomic E-state index is 0.0534. The molecule has 2 fully saturated rings. The van der Waals surface area contributed by atoms with Crippen molar-refractivity contribution in [3.05, 3.63) is 12.2 Å². The Balaban J connectivity index is 1.51. The Bertz CT molecular complexity index is 476. The minimum atomic E-state index is -4.11. The second-order valence-electron chi connectivity index (χ2n) is 6.14. The topological polar surface area (TPSA) is 42.8 Å². The summed E-state index contributed by atoms with van der Waals surface area (Å²) in [5, 5.41) is 3.45. The van der Waals surface area contributed by atoms with Crippen molar-refractivity contribution in [2.24, 2.45) is 10.9 Å². The van der Waals surface area contributed by atoms with Gasteiger partial charge in [0.25, 0.3) is 0 Å². The summed E-state index contributed by atoms with van der Waals surface area (Å²) in [4.78, 5) is 4.48. The van der Waals surface area contributed by atoms with E-state index in [1.165, 1.54) is 0 Å². The lowest BCUT2D eigenvalue weighted by atomic mass is 9.83. The molecule has 130 valence electrons. The number of thioether (sulfide) groups is 1. The highest BCUT2D eigenvalue weighted by Gasteiger charge is 2.46. The van der Waals surface area contributed by atoms with Crippen LogP contribution in [0.1, 0.15) is 19.3 Å². The standard InChI is InChI=1S/C15H21F3N2O2S/c1-23-10-7-21-14(22-8-10)5-4-13-19-11-3-2-9(15(16,17)18)6-12(11)20-13/h4-5,9-12,14H,2-3,6-8H2,1H3,(H,19,20)/b5-4+. The van der Waals surface area contributed by atoms with E-state index in [1.54, 1.807) is 23.9 Å². The van der Waals surface area contributed by atoms with E-state index in [4.69, 9.17) is 9.47 Å². The molecule has 1 N–H and O–H groups in total. The molecule has 3 atom stereocenters. The summed E-state index contributed by atoms with van der Waals surface area (Å²) in [5.74, 6) is -0.592. The van der Waals surface area contributed by atoms with Gasteiger partial charge in [-0.2, -0.15) is 24.9 Å². The van der Waals surface area contributed by atoms with Gasteiger partial charge in [-0.3, -0.25) is 4.99 Å². The fourth-order valence-corrected chi connectivity index (χ4v) is 3.61. The molecule has 23 heavy (non-hydrogen) atoms. The summed E-state index contributed by atoms with van der Waals surface area (Å²) in [6.45, 7) is 1.27. The third-order valence-electron chi connectivity index (χ3n) is 4.55. The molecule has 0 radical (unpaired) electrons. The van der Waals surface area contributed by atoms with Crippen LogP contribution in [-0.4, -0.2) is 55.1 Å². The zero-order chi connectivity index (χ0) is 16.4. The Hall–Kier alpha value is -0.730. The molecule has 0 amide bonds. The molecule has 2 aliphatic heterocycles. The number of halogens is 3. The number of alkyl halides is 3. The van der Waals surface area contributed by atoms with Crippen molar-refractivity contribution in [1.82, 2.24) is 5.32 Å². The van der Waals surface area contributed by atoms with E-state index in [0.29, 0.717) is 30.7 Å². The van der Waals surface area contributed by atoms with Gasteiger partial charge in [-0.25, -0.2) is 0 Å². The lowest BCUT2D eigenvalue weighted by Crippen LogP contribution is -2.43. The molecule has 3 unspecified atom stereocenters. The summed E-state index contributed by atoms with van der Waals surface area (Å²) in [5.41, 5.74) is 0. The van der Waals surface area contributed by atoms with Crippen LogP contribution in [0.4, 0.5) is 13.2 Å². The maximum absolute atomic E-state index is 12.8. The van der Waals surface area contributed by atoms with Crippen LogP contribution in [0.15, 0.2) is 17.1 Å². The first-order valence-electron chi connectivity index (χ1n) is 7.81. The minimum Gasteiger partial charge on any atom is -0.365 e. The SMILES string of the molecule is CSC1COC(/C=C/C2=NC3CCC(C(F)(F)F)CC3N2)OC1. The summed E-state index contributed by atoms with van der Waals surface area (Å²) < 4.78 is 49.6. The van der Waals surface area contributed by atoms with Crippen LogP contribution in [0, 0.1) is 5.92 Å². The fourth-order valence-electron chi connectivity index (χ4n) is 3.18. The van der Waals surface area contributed by atoms with Gasteiger partial charge in [0.1, 0.15) is 5.84 Å². The Labute approximate surface area is 137 Å². The van der Waals surface area contributed by atoms with E-state index in [1.807, 2.05) is 6.26 Å². The van der Waals surface area contributed by atoms with Gasteiger partial charge in [-0.15, -0.1) is 0 Å². The van der Waals surface area contributed by atoms with E-state index >= 15 is 0 Å². The van der Waals surface area contributed by atoms with Crippen LogP contribution in [0.25, 0.3) is 0 Å². The van der Waals surface area contributed by atoms with Gasteiger partial charge in [-0.05, 0) is 37.7 Å². The van der Waals surface area contributed by atoms with Gasteiger partial charge in [0.15, 0.2) is 6.29 Å². The number of fused-ring (bicyclic) bond motifs is 1. The summed E-state index contributed by atoms with van der Waals surface area (Å²) >= 11 is 1.70. The maximum atomic E-state index is 12.8. The van der Waals surface area contributed by atoms with Gasteiger partial charge >= 0.3 is 6.18 Å². The molecule has 3 aliphatic rings. The highest BCUT2D eigenvalue weighted by atomic mass is 32.2. The lowest BCUT2D eigenvalue weighted by Gasteiger charge is -2.31. The molecule has 0 aromatic heterocycles. The van der Waals surface area contributed by atoms with E-state index in [-0.39, 0.29) is 24.9 Å².